The predicted octanol–water partition coefficient (Wildman–Crippen LogP) is 1.61. The molecular weight excluding hydrogens is 370 g/mol. The molecule has 140 valence electrons. The van der Waals surface area contributed by atoms with E-state index in [1.165, 1.54) is 11.9 Å². The molecule has 27 heavy (non-hydrogen) atoms. The molecule has 2 aromatic carbocycles. The largest absolute Gasteiger partial charge is 0.477 e. The Morgan fingerprint density at radius 2 is 1.85 bits per heavy atom. The number of fused-ring (bicyclic) bond motifs is 1. The maximum Gasteiger partial charge on any atom is 0.262 e. The van der Waals surface area contributed by atoms with Crippen molar-refractivity contribution in [1.29, 1.82) is 0 Å². The number of carbonyl (C=O) groups excluding carboxylic acids is 3. The monoisotopic (exact) mass is 387 g/mol. The quantitative estimate of drug-likeness (QED) is 0.834. The molecule has 0 saturated heterocycles. The fourth-order valence-corrected chi connectivity index (χ4v) is 2.98. The molecule has 0 unspecified atom stereocenters. The summed E-state index contributed by atoms with van der Waals surface area (Å²) in [7, 11) is 1.50. The number of hydrogen-bond acceptors (Lipinski definition) is 4. The van der Waals surface area contributed by atoms with Crippen molar-refractivity contribution in [2.24, 2.45) is 0 Å². The summed E-state index contributed by atoms with van der Waals surface area (Å²) in [6, 6.07) is 13.5. The average molecular weight is 388 g/mol. The van der Waals surface area contributed by atoms with Crippen LogP contribution in [0.3, 0.4) is 0 Å². The summed E-state index contributed by atoms with van der Waals surface area (Å²) in [5.74, 6) is -0.705. The van der Waals surface area contributed by atoms with Crippen LogP contribution in [0.5, 0.6) is 5.75 Å². The van der Waals surface area contributed by atoms with Gasteiger partial charge in [-0.05, 0) is 24.3 Å². The van der Waals surface area contributed by atoms with Gasteiger partial charge in [-0.25, -0.2) is 0 Å². The van der Waals surface area contributed by atoms with Gasteiger partial charge in [-0.2, -0.15) is 0 Å². The number of para-hydroxylation sites is 2. The average Bonchev–Trinajstić information content (AvgIpc) is 2.70. The third-order valence-electron chi connectivity index (χ3n) is 4.13. The van der Waals surface area contributed by atoms with Crippen molar-refractivity contribution in [3.63, 3.8) is 0 Å². The molecule has 0 aliphatic carbocycles. The lowest BCUT2D eigenvalue weighted by atomic mass is 10.1. The summed E-state index contributed by atoms with van der Waals surface area (Å²) in [6.07, 6.45) is -0.826. The van der Waals surface area contributed by atoms with Crippen molar-refractivity contribution in [3.8, 4) is 5.75 Å². The summed E-state index contributed by atoms with van der Waals surface area (Å²) in [5, 5.41) is 5.39. The molecule has 0 spiro atoms. The maximum absolute atomic E-state index is 12.7. The van der Waals surface area contributed by atoms with Gasteiger partial charge in [0.15, 0.2) is 6.10 Å². The van der Waals surface area contributed by atoms with E-state index in [4.69, 9.17) is 16.3 Å². The van der Waals surface area contributed by atoms with Gasteiger partial charge in [0.25, 0.3) is 11.8 Å². The van der Waals surface area contributed by atoms with Crippen molar-refractivity contribution in [1.82, 2.24) is 10.6 Å². The first-order chi connectivity index (χ1) is 13.0. The smallest absolute Gasteiger partial charge is 0.262 e. The van der Waals surface area contributed by atoms with Crippen molar-refractivity contribution >= 4 is 35.0 Å². The fraction of sp³-hybridized carbons (Fsp3) is 0.211. The fourth-order valence-electron chi connectivity index (χ4n) is 2.76. The van der Waals surface area contributed by atoms with Crippen LogP contribution in [0.15, 0.2) is 48.5 Å². The van der Waals surface area contributed by atoms with Crippen LogP contribution >= 0.6 is 11.6 Å². The van der Waals surface area contributed by atoms with E-state index in [9.17, 15) is 14.4 Å². The second-order valence-corrected chi connectivity index (χ2v) is 6.26. The summed E-state index contributed by atoms with van der Waals surface area (Å²) < 4.78 is 5.66. The molecule has 3 rings (SSSR count). The van der Waals surface area contributed by atoms with Gasteiger partial charge in [-0.3, -0.25) is 14.4 Å². The van der Waals surface area contributed by atoms with Gasteiger partial charge in [0.2, 0.25) is 5.91 Å². The summed E-state index contributed by atoms with van der Waals surface area (Å²) in [4.78, 5) is 38.4. The van der Waals surface area contributed by atoms with E-state index in [-0.39, 0.29) is 30.5 Å². The van der Waals surface area contributed by atoms with Crippen LogP contribution in [0, 0.1) is 0 Å². The highest BCUT2D eigenvalue weighted by Gasteiger charge is 2.33. The predicted molar refractivity (Wildman–Crippen MR) is 101 cm³/mol. The SMILES string of the molecule is CNC(=O)[C@@H]1CN(C(=O)CNC(=O)c2ccccc2Cl)c2ccccc2O1. The van der Waals surface area contributed by atoms with Crippen LogP contribution in [0.25, 0.3) is 0 Å². The van der Waals surface area contributed by atoms with Crippen molar-refractivity contribution in [2.75, 3.05) is 25.0 Å². The number of anilines is 1. The lowest BCUT2D eigenvalue weighted by molar-refractivity contribution is -0.127. The third kappa shape index (κ3) is 4.03. The van der Waals surface area contributed by atoms with Gasteiger partial charge in [0.1, 0.15) is 5.75 Å². The number of nitrogens with zero attached hydrogens (tertiary/aromatic N) is 1. The molecule has 3 amide bonds. The lowest BCUT2D eigenvalue weighted by Gasteiger charge is -2.34. The molecule has 1 heterocycles. The first kappa shape index (κ1) is 18.7. The zero-order chi connectivity index (χ0) is 19.4. The number of rotatable bonds is 4. The first-order valence-corrected chi connectivity index (χ1v) is 8.69. The molecule has 8 heteroatoms. The molecule has 1 atom stereocenters. The molecule has 2 aromatic rings. The summed E-state index contributed by atoms with van der Waals surface area (Å²) in [6.45, 7) is -0.184. The van der Waals surface area contributed by atoms with Gasteiger partial charge >= 0.3 is 0 Å². The van der Waals surface area contributed by atoms with E-state index in [2.05, 4.69) is 10.6 Å². The number of nitrogens with one attached hydrogen (secondary N) is 2. The van der Waals surface area contributed by atoms with E-state index >= 15 is 0 Å². The van der Waals surface area contributed by atoms with Crippen LogP contribution in [-0.2, 0) is 9.59 Å². The molecule has 0 aromatic heterocycles. The molecule has 0 saturated carbocycles. The van der Waals surface area contributed by atoms with Gasteiger partial charge in [-0.1, -0.05) is 35.9 Å². The Morgan fingerprint density at radius 3 is 2.59 bits per heavy atom. The topological polar surface area (TPSA) is 87.7 Å². The zero-order valence-corrected chi connectivity index (χ0v) is 15.3. The Morgan fingerprint density at radius 1 is 1.15 bits per heavy atom. The molecular formula is C19H18ClN3O4. The molecule has 2 N–H and O–H groups in total. The van der Waals surface area contributed by atoms with Crippen LogP contribution < -0.4 is 20.3 Å². The van der Waals surface area contributed by atoms with E-state index < -0.39 is 12.0 Å². The highest BCUT2D eigenvalue weighted by Crippen LogP contribution is 2.33. The molecule has 1 aliphatic rings. The Kier molecular flexibility index (Phi) is 5.61. The van der Waals surface area contributed by atoms with Crippen LogP contribution in [0.1, 0.15) is 10.4 Å². The van der Waals surface area contributed by atoms with E-state index in [0.717, 1.165) is 0 Å². The highest BCUT2D eigenvalue weighted by atomic mass is 35.5. The van der Waals surface area contributed by atoms with E-state index in [1.807, 2.05) is 0 Å². The number of benzene rings is 2. The van der Waals surface area contributed by atoms with Crippen LogP contribution in [0.2, 0.25) is 5.02 Å². The second kappa shape index (κ2) is 8.09. The first-order valence-electron chi connectivity index (χ1n) is 8.31. The summed E-state index contributed by atoms with van der Waals surface area (Å²) >= 11 is 6.00. The lowest BCUT2D eigenvalue weighted by Crippen LogP contribution is -2.52. The Labute approximate surface area is 161 Å². The molecule has 0 fully saturated rings. The van der Waals surface area contributed by atoms with Gasteiger partial charge in [0, 0.05) is 7.05 Å². The van der Waals surface area contributed by atoms with Crippen molar-refractivity contribution in [2.45, 2.75) is 6.10 Å². The van der Waals surface area contributed by atoms with Gasteiger partial charge < -0.3 is 20.3 Å². The standard InChI is InChI=1S/C19H18ClN3O4/c1-21-19(26)16-11-23(14-8-4-5-9-15(14)27-16)17(24)10-22-18(25)12-6-2-3-7-13(12)20/h2-9,16H,10-11H2,1H3,(H,21,26)(H,22,25)/t16-/m0/s1. The minimum Gasteiger partial charge on any atom is -0.477 e. The Bertz CT molecular complexity index is 887. The van der Waals surface area contributed by atoms with Gasteiger partial charge in [-0.15, -0.1) is 0 Å². The molecule has 0 radical (unpaired) electrons. The number of halogens is 1. The minimum atomic E-state index is -0.826. The van der Waals surface area contributed by atoms with Crippen molar-refractivity contribution < 1.29 is 19.1 Å². The normalized spacial score (nSPS) is 15.3. The third-order valence-corrected chi connectivity index (χ3v) is 4.46. The molecule has 7 nitrogen and oxygen atoms in total. The molecule has 0 bridgehead atoms. The van der Waals surface area contributed by atoms with E-state index in [1.54, 1.807) is 48.5 Å². The van der Waals surface area contributed by atoms with E-state index in [0.29, 0.717) is 16.5 Å². The number of hydrogen-bond donors (Lipinski definition) is 2. The Hall–Kier alpha value is -3.06. The zero-order valence-electron chi connectivity index (χ0n) is 14.6. The maximum atomic E-state index is 12.7. The second-order valence-electron chi connectivity index (χ2n) is 5.86. The molecule has 1 aliphatic heterocycles. The minimum absolute atomic E-state index is 0.0531. The Balaban J connectivity index is 1.74. The number of amides is 3. The van der Waals surface area contributed by atoms with Gasteiger partial charge in [0.05, 0.1) is 29.4 Å². The number of carbonyl (C=O) groups is 3. The number of likely N-dealkylation sites (N-methyl/N-ethyl adjacent to an activating group) is 1. The van der Waals surface area contributed by atoms with Crippen LogP contribution in [-0.4, -0.2) is 44.0 Å². The highest BCUT2D eigenvalue weighted by molar-refractivity contribution is 6.33. The number of ether oxygens (including phenoxy) is 1. The summed E-state index contributed by atoms with van der Waals surface area (Å²) in [5.41, 5.74) is 0.840. The van der Waals surface area contributed by atoms with Crippen LogP contribution in [0.4, 0.5) is 5.69 Å². The van der Waals surface area contributed by atoms with Crippen molar-refractivity contribution in [3.05, 3.63) is 59.1 Å².